The average molecular weight is 412 g/mol. The zero-order valence-electron chi connectivity index (χ0n) is 17.4. The smallest absolute Gasteiger partial charge is 0.287 e. The van der Waals surface area contributed by atoms with Crippen LogP contribution in [0.15, 0.2) is 30.3 Å². The Hall–Kier alpha value is -3.26. The Morgan fingerprint density at radius 1 is 1.30 bits per heavy atom. The first-order valence-corrected chi connectivity index (χ1v) is 9.82. The molecule has 0 unspecified atom stereocenters. The van der Waals surface area contributed by atoms with Crippen LogP contribution < -0.4 is 25.3 Å². The number of nitrogens with two attached hydrogens (primary N) is 1. The van der Waals surface area contributed by atoms with E-state index in [0.717, 1.165) is 11.1 Å². The fourth-order valence-electron chi connectivity index (χ4n) is 4.48. The van der Waals surface area contributed by atoms with Crippen LogP contribution in [0.4, 0.5) is 5.69 Å². The highest BCUT2D eigenvalue weighted by molar-refractivity contribution is 5.96. The van der Waals surface area contributed by atoms with Gasteiger partial charge < -0.3 is 29.7 Å². The summed E-state index contributed by atoms with van der Waals surface area (Å²) in [6.45, 7) is 2.66. The molecular weight excluding hydrogens is 386 g/mol. The lowest BCUT2D eigenvalue weighted by molar-refractivity contribution is -0.924. The van der Waals surface area contributed by atoms with E-state index in [0.29, 0.717) is 41.5 Å². The summed E-state index contributed by atoms with van der Waals surface area (Å²) in [4.78, 5) is 25.5. The van der Waals surface area contributed by atoms with Crippen LogP contribution in [-0.4, -0.2) is 50.3 Å². The zero-order chi connectivity index (χ0) is 21.5. The molecule has 2 aliphatic rings. The molecule has 0 saturated carbocycles. The molecule has 2 amide bonds. The van der Waals surface area contributed by atoms with Gasteiger partial charge in [-0.1, -0.05) is 12.1 Å². The average Bonchev–Trinajstić information content (AvgIpc) is 3.13. The maximum absolute atomic E-state index is 13.6. The third-order valence-corrected chi connectivity index (χ3v) is 5.79. The SMILES string of the molecule is COc1c2c(cc3c1[C@@H](C(=O)Nc1cccc(C)c1)[N@@+](C)(CC(N)=O)CC3)OCO2. The molecule has 4 rings (SSSR count). The lowest BCUT2D eigenvalue weighted by Crippen LogP contribution is -2.58. The van der Waals surface area contributed by atoms with Gasteiger partial charge in [0.1, 0.15) is 0 Å². The normalized spacial score (nSPS) is 21.6. The largest absolute Gasteiger partial charge is 0.492 e. The molecule has 0 radical (unpaired) electrons. The van der Waals surface area contributed by atoms with Crippen LogP contribution in [0.5, 0.6) is 17.2 Å². The van der Waals surface area contributed by atoms with Crippen molar-refractivity contribution in [2.24, 2.45) is 5.73 Å². The van der Waals surface area contributed by atoms with E-state index in [2.05, 4.69) is 5.32 Å². The number of fused-ring (bicyclic) bond motifs is 2. The second-order valence-corrected chi connectivity index (χ2v) is 8.06. The molecule has 0 bridgehead atoms. The molecule has 0 spiro atoms. The zero-order valence-corrected chi connectivity index (χ0v) is 17.4. The van der Waals surface area contributed by atoms with E-state index < -0.39 is 11.9 Å². The van der Waals surface area contributed by atoms with Crippen molar-refractivity contribution >= 4 is 17.5 Å². The topological polar surface area (TPSA) is 99.9 Å². The van der Waals surface area contributed by atoms with Crippen molar-refractivity contribution in [3.63, 3.8) is 0 Å². The first kappa shape index (κ1) is 20.0. The number of quaternary nitrogens is 1. The van der Waals surface area contributed by atoms with Crippen molar-refractivity contribution in [2.45, 2.75) is 19.4 Å². The number of hydrogen-bond acceptors (Lipinski definition) is 5. The predicted octanol–water partition coefficient (Wildman–Crippen LogP) is 1.90. The molecule has 8 heteroatoms. The summed E-state index contributed by atoms with van der Waals surface area (Å²) in [5.41, 5.74) is 8.94. The van der Waals surface area contributed by atoms with Gasteiger partial charge in [-0.2, -0.15) is 0 Å². The van der Waals surface area contributed by atoms with E-state index in [1.807, 2.05) is 44.3 Å². The van der Waals surface area contributed by atoms with Gasteiger partial charge in [-0.05, 0) is 36.2 Å². The number of ether oxygens (including phenoxy) is 3. The van der Waals surface area contributed by atoms with Crippen molar-refractivity contribution in [1.29, 1.82) is 0 Å². The van der Waals surface area contributed by atoms with Gasteiger partial charge in [0.25, 0.3) is 11.8 Å². The van der Waals surface area contributed by atoms with E-state index >= 15 is 0 Å². The number of primary amides is 1. The van der Waals surface area contributed by atoms with Crippen molar-refractivity contribution in [3.8, 4) is 17.2 Å². The van der Waals surface area contributed by atoms with E-state index in [-0.39, 0.29) is 23.7 Å². The van der Waals surface area contributed by atoms with Gasteiger partial charge in [-0.3, -0.25) is 9.59 Å². The number of nitrogens with one attached hydrogen (secondary N) is 1. The third-order valence-electron chi connectivity index (χ3n) is 5.79. The van der Waals surface area contributed by atoms with Gasteiger partial charge >= 0.3 is 0 Å². The number of methoxy groups -OCH3 is 1. The summed E-state index contributed by atoms with van der Waals surface area (Å²) in [6.07, 6.45) is 0.653. The number of aryl methyl sites for hydroxylation is 1. The van der Waals surface area contributed by atoms with Crippen LogP contribution >= 0.6 is 0 Å². The number of hydrogen-bond donors (Lipinski definition) is 2. The molecular formula is C22H26N3O5+. The predicted molar refractivity (Wildman–Crippen MR) is 110 cm³/mol. The number of carbonyl (C=O) groups excluding carboxylic acids is 2. The summed E-state index contributed by atoms with van der Waals surface area (Å²) in [5, 5.41) is 3.01. The van der Waals surface area contributed by atoms with Crippen molar-refractivity contribution < 1.29 is 28.3 Å². The second-order valence-electron chi connectivity index (χ2n) is 8.06. The van der Waals surface area contributed by atoms with E-state index in [1.54, 1.807) is 7.11 Å². The van der Waals surface area contributed by atoms with Gasteiger partial charge in [-0.25, -0.2) is 0 Å². The molecule has 3 N–H and O–H groups in total. The maximum Gasteiger partial charge on any atom is 0.287 e. The highest BCUT2D eigenvalue weighted by Gasteiger charge is 2.48. The Morgan fingerprint density at radius 3 is 2.80 bits per heavy atom. The first-order valence-electron chi connectivity index (χ1n) is 9.82. The summed E-state index contributed by atoms with van der Waals surface area (Å²) in [6, 6.07) is 8.78. The van der Waals surface area contributed by atoms with Gasteiger partial charge in [0.2, 0.25) is 12.5 Å². The summed E-state index contributed by atoms with van der Waals surface area (Å²) < 4.78 is 17.0. The van der Waals surface area contributed by atoms with Gasteiger partial charge in [0.05, 0.1) is 26.3 Å². The summed E-state index contributed by atoms with van der Waals surface area (Å²) >= 11 is 0. The van der Waals surface area contributed by atoms with Gasteiger partial charge in [0.15, 0.2) is 24.1 Å². The lowest BCUT2D eigenvalue weighted by atomic mass is 9.88. The van der Waals surface area contributed by atoms with Gasteiger partial charge in [-0.15, -0.1) is 0 Å². The molecule has 30 heavy (non-hydrogen) atoms. The molecule has 2 aromatic rings. The molecule has 2 heterocycles. The van der Waals surface area contributed by atoms with E-state index in [4.69, 9.17) is 19.9 Å². The Kier molecular flexibility index (Phi) is 5.03. The number of nitrogens with zero attached hydrogens (tertiary/aromatic N) is 1. The second kappa shape index (κ2) is 7.53. The Balaban J connectivity index is 1.83. The molecule has 0 aromatic heterocycles. The minimum absolute atomic E-state index is 0.0307. The highest BCUT2D eigenvalue weighted by Crippen LogP contribution is 2.51. The van der Waals surface area contributed by atoms with Crippen LogP contribution in [-0.2, 0) is 16.0 Å². The number of anilines is 1. The van der Waals surface area contributed by atoms with Gasteiger partial charge in [0, 0.05) is 12.1 Å². The van der Waals surface area contributed by atoms with Crippen LogP contribution in [0.2, 0.25) is 0 Å². The molecule has 0 fully saturated rings. The lowest BCUT2D eigenvalue weighted by Gasteiger charge is -2.44. The van der Waals surface area contributed by atoms with E-state index in [1.165, 1.54) is 0 Å². The third kappa shape index (κ3) is 3.43. The number of carbonyl (C=O) groups is 2. The Bertz CT molecular complexity index is 1020. The van der Waals surface area contributed by atoms with Crippen LogP contribution in [0, 0.1) is 6.92 Å². The molecule has 2 atom stereocenters. The highest BCUT2D eigenvalue weighted by atomic mass is 16.7. The number of likely N-dealkylation sites (N-methyl/N-ethyl adjacent to an activating group) is 1. The van der Waals surface area contributed by atoms with Crippen molar-refractivity contribution in [1.82, 2.24) is 0 Å². The molecule has 8 nitrogen and oxygen atoms in total. The molecule has 2 aromatic carbocycles. The minimum atomic E-state index is -0.703. The first-order chi connectivity index (χ1) is 14.3. The fraction of sp³-hybridized carbons (Fsp3) is 0.364. The standard InChI is InChI=1S/C22H25N3O5/c1-13-5-4-6-15(9-13)24-22(27)19-18-14(7-8-25(19,2)11-17(23)26)10-16-20(21(18)28-3)30-12-29-16/h4-6,9-10,19H,7-8,11-12H2,1-3H3,(H2-,23,24,26,27)/p+1/t19-,25+/m0/s1. The van der Waals surface area contributed by atoms with Crippen LogP contribution in [0.3, 0.4) is 0 Å². The van der Waals surface area contributed by atoms with Crippen molar-refractivity contribution in [3.05, 3.63) is 47.0 Å². The van der Waals surface area contributed by atoms with Crippen LogP contribution in [0.1, 0.15) is 22.7 Å². The molecule has 0 aliphatic carbocycles. The quantitative estimate of drug-likeness (QED) is 0.731. The number of amides is 2. The minimum Gasteiger partial charge on any atom is -0.492 e. The number of benzene rings is 2. The maximum atomic E-state index is 13.6. The Labute approximate surface area is 175 Å². The number of rotatable bonds is 5. The van der Waals surface area contributed by atoms with Crippen LogP contribution in [0.25, 0.3) is 0 Å². The monoisotopic (exact) mass is 412 g/mol. The van der Waals surface area contributed by atoms with Crippen molar-refractivity contribution in [2.75, 3.05) is 39.4 Å². The molecule has 0 saturated heterocycles. The Morgan fingerprint density at radius 2 is 2.10 bits per heavy atom. The fourth-order valence-corrected chi connectivity index (χ4v) is 4.48. The van der Waals surface area contributed by atoms with E-state index in [9.17, 15) is 9.59 Å². The molecule has 2 aliphatic heterocycles. The summed E-state index contributed by atoms with van der Waals surface area (Å²) in [7, 11) is 3.42. The summed E-state index contributed by atoms with van der Waals surface area (Å²) in [5.74, 6) is 0.862. The molecule has 158 valence electrons.